The summed E-state index contributed by atoms with van der Waals surface area (Å²) in [4.78, 5) is 0. The molecule has 2 atom stereocenters. The van der Waals surface area contributed by atoms with E-state index in [-0.39, 0.29) is 0 Å². The summed E-state index contributed by atoms with van der Waals surface area (Å²) in [6.45, 7) is 10.6. The van der Waals surface area contributed by atoms with E-state index in [9.17, 15) is 0 Å². The maximum atomic E-state index is 6.48. The van der Waals surface area contributed by atoms with E-state index >= 15 is 0 Å². The van der Waals surface area contributed by atoms with E-state index in [2.05, 4.69) is 49.9 Å². The molecule has 0 amide bonds. The molecule has 4 heteroatoms. The topological polar surface area (TPSA) is 18.5 Å². The molecule has 3 rings (SSSR count). The molecule has 0 saturated carbocycles. The smallest absolute Gasteiger partial charge is 0.147 e. The first kappa shape index (κ1) is 23.2. The number of ether oxygens (including phenoxy) is 2. The van der Waals surface area contributed by atoms with Gasteiger partial charge in [-0.2, -0.15) is 0 Å². The average molecular weight is 445 g/mol. The molecule has 1 aromatic carbocycles. The summed E-state index contributed by atoms with van der Waals surface area (Å²) in [7, 11) is 3.28. The lowest BCUT2D eigenvalue weighted by Gasteiger charge is -2.20. The number of fused-ring (bicyclic) bond motifs is 2. The predicted molar refractivity (Wildman–Crippen MR) is 136 cm³/mol. The van der Waals surface area contributed by atoms with Crippen LogP contribution in [0.15, 0.2) is 0 Å². The molecular formula is C26H36O2S2. The summed E-state index contributed by atoms with van der Waals surface area (Å²) < 4.78 is 15.3. The first-order chi connectivity index (χ1) is 14.7. The van der Waals surface area contributed by atoms with Crippen LogP contribution in [0.1, 0.15) is 90.2 Å². The first-order valence-electron chi connectivity index (χ1n) is 11.7. The van der Waals surface area contributed by atoms with E-state index in [0.717, 1.165) is 57.7 Å². The fourth-order valence-corrected chi connectivity index (χ4v) is 5.58. The molecule has 1 aromatic rings. The Balaban J connectivity index is 1.85. The summed E-state index contributed by atoms with van der Waals surface area (Å²) in [6, 6.07) is 0. The zero-order valence-electron chi connectivity index (χ0n) is 19.0. The van der Waals surface area contributed by atoms with Gasteiger partial charge in [-0.05, 0) is 24.7 Å². The van der Waals surface area contributed by atoms with E-state index < -0.39 is 0 Å². The summed E-state index contributed by atoms with van der Waals surface area (Å²) in [5.74, 6) is 3.23. The molecule has 0 aliphatic carbocycles. The van der Waals surface area contributed by atoms with Crippen molar-refractivity contribution in [3.8, 4) is 11.5 Å². The van der Waals surface area contributed by atoms with Crippen LogP contribution in [0.5, 0.6) is 11.5 Å². The lowest BCUT2D eigenvalue weighted by molar-refractivity contribution is 0.226. The van der Waals surface area contributed by atoms with Crippen LogP contribution in [0.2, 0.25) is 0 Å². The third-order valence-corrected chi connectivity index (χ3v) is 7.82. The summed E-state index contributed by atoms with van der Waals surface area (Å²) in [6.07, 6.45) is 14.0. The van der Waals surface area contributed by atoms with Crippen LogP contribution in [-0.4, -0.2) is 23.3 Å². The van der Waals surface area contributed by atoms with Crippen LogP contribution in [0.3, 0.4) is 0 Å². The molecular weight excluding hydrogens is 408 g/mol. The van der Waals surface area contributed by atoms with Gasteiger partial charge < -0.3 is 9.47 Å². The second-order valence-electron chi connectivity index (χ2n) is 8.33. The minimum absolute atomic E-state index is 0.612. The van der Waals surface area contributed by atoms with Crippen molar-refractivity contribution in [1.29, 1.82) is 0 Å². The van der Waals surface area contributed by atoms with E-state index in [0.29, 0.717) is 11.8 Å². The number of hydrogen-bond acceptors (Lipinski definition) is 2. The molecule has 0 aromatic heterocycles. The van der Waals surface area contributed by atoms with Crippen molar-refractivity contribution in [3.05, 3.63) is 20.1 Å². The summed E-state index contributed by atoms with van der Waals surface area (Å²) in [5.41, 5.74) is 2.29. The quantitative estimate of drug-likeness (QED) is 0.237. The molecule has 30 heavy (non-hydrogen) atoms. The minimum atomic E-state index is 0.612. The SMILES string of the molecule is CCCC[C@H](CC)COc1c2c(c(OC[C@@H](CC)CCCC)c3c1=S=C=C3)=S=C=C2. The minimum Gasteiger partial charge on any atom is -0.491 e. The highest BCUT2D eigenvalue weighted by Crippen LogP contribution is 2.39. The molecule has 2 heterocycles. The van der Waals surface area contributed by atoms with Gasteiger partial charge in [-0.15, -0.1) is 0 Å². The Kier molecular flexibility index (Phi) is 9.15. The number of rotatable bonds is 14. The van der Waals surface area contributed by atoms with Gasteiger partial charge in [-0.3, -0.25) is 0 Å². The Morgan fingerprint density at radius 1 is 0.733 bits per heavy atom. The highest BCUT2D eigenvalue weighted by Gasteiger charge is 2.21. The molecule has 0 saturated heterocycles. The van der Waals surface area contributed by atoms with Crippen LogP contribution in [-0.2, 0) is 0 Å². The molecule has 0 bridgehead atoms. The molecule has 2 aliphatic rings. The monoisotopic (exact) mass is 444 g/mol. The van der Waals surface area contributed by atoms with Gasteiger partial charge in [0.25, 0.3) is 0 Å². The third-order valence-electron chi connectivity index (χ3n) is 6.13. The van der Waals surface area contributed by atoms with Gasteiger partial charge >= 0.3 is 0 Å². The molecule has 0 N–H and O–H groups in total. The fraction of sp³-hybridized carbons (Fsp3) is 0.615. The molecule has 2 nitrogen and oxygen atoms in total. The third kappa shape index (κ3) is 5.42. The zero-order chi connectivity index (χ0) is 21.3. The largest absolute Gasteiger partial charge is 0.491 e. The van der Waals surface area contributed by atoms with E-state index in [1.54, 1.807) is 21.9 Å². The number of benzene rings is 1. The van der Waals surface area contributed by atoms with E-state index in [1.807, 2.05) is 0 Å². The standard InChI is InChI=1S/C26H36O2S2/c1-5-9-11-19(7-3)17-27-23-21-13-15-30-26(21)24(22-14-16-29-25(22)23)28-18-20(8-4)12-10-6-2/h13-14,19-20H,5-12,17-18H2,1-4H3/t19-,20-/m0/s1. The van der Waals surface area contributed by atoms with E-state index in [4.69, 9.17) is 9.47 Å². The Bertz CT molecular complexity index is 933. The number of unbranched alkanes of at least 4 members (excludes halogenated alkanes) is 2. The van der Waals surface area contributed by atoms with Crippen molar-refractivity contribution >= 4 is 44.1 Å². The normalized spacial score (nSPS) is 14.8. The van der Waals surface area contributed by atoms with Crippen LogP contribution in [0.25, 0.3) is 12.2 Å². The van der Waals surface area contributed by atoms with Crippen molar-refractivity contribution < 1.29 is 9.47 Å². The lowest BCUT2D eigenvalue weighted by atomic mass is 10.00. The average Bonchev–Trinajstić information content (AvgIpc) is 3.44. The van der Waals surface area contributed by atoms with Gasteiger partial charge in [0, 0.05) is 23.3 Å². The van der Waals surface area contributed by atoms with Crippen LogP contribution < -0.4 is 9.47 Å². The van der Waals surface area contributed by atoms with Crippen molar-refractivity contribution in [2.45, 2.75) is 79.1 Å². The Labute approximate surface area is 189 Å². The molecule has 164 valence electrons. The first-order valence-corrected chi connectivity index (χ1v) is 13.4. The van der Waals surface area contributed by atoms with Gasteiger partial charge in [-0.25, -0.2) is 0 Å². The molecule has 0 spiro atoms. The van der Waals surface area contributed by atoms with Crippen molar-refractivity contribution in [1.82, 2.24) is 0 Å². The highest BCUT2D eigenvalue weighted by atomic mass is 32.1. The second-order valence-corrected chi connectivity index (χ2v) is 10.0. The molecule has 0 unspecified atom stereocenters. The maximum absolute atomic E-state index is 6.48. The van der Waals surface area contributed by atoms with Crippen molar-refractivity contribution in [2.75, 3.05) is 13.2 Å². The second kappa shape index (κ2) is 11.8. The van der Waals surface area contributed by atoms with Crippen LogP contribution in [0, 0.1) is 20.9 Å². The van der Waals surface area contributed by atoms with Crippen molar-refractivity contribution in [2.24, 2.45) is 11.8 Å². The lowest BCUT2D eigenvalue weighted by Crippen LogP contribution is -2.14. The molecule has 0 fully saturated rings. The number of hydrogen-bond donors (Lipinski definition) is 0. The Morgan fingerprint density at radius 3 is 1.53 bits per heavy atom. The Morgan fingerprint density at radius 2 is 1.17 bits per heavy atom. The van der Waals surface area contributed by atoms with Crippen molar-refractivity contribution in [3.63, 3.8) is 0 Å². The van der Waals surface area contributed by atoms with E-state index in [1.165, 1.54) is 38.5 Å². The van der Waals surface area contributed by atoms with Gasteiger partial charge in [-0.1, -0.05) is 98.1 Å². The van der Waals surface area contributed by atoms with Gasteiger partial charge in [0.1, 0.15) is 11.5 Å². The Hall–Kier alpha value is -1.44. The zero-order valence-corrected chi connectivity index (χ0v) is 20.6. The van der Waals surface area contributed by atoms with Crippen LogP contribution >= 0.6 is 21.9 Å². The van der Waals surface area contributed by atoms with Crippen LogP contribution in [0.4, 0.5) is 0 Å². The predicted octanol–water partition coefficient (Wildman–Crippen LogP) is 7.70. The summed E-state index contributed by atoms with van der Waals surface area (Å²) in [5, 5.41) is 6.66. The maximum Gasteiger partial charge on any atom is 0.147 e. The van der Waals surface area contributed by atoms with Gasteiger partial charge in [0.05, 0.1) is 22.2 Å². The molecule has 2 aliphatic heterocycles. The van der Waals surface area contributed by atoms with Gasteiger partial charge in [0.15, 0.2) is 0 Å². The van der Waals surface area contributed by atoms with Gasteiger partial charge in [0.2, 0.25) is 0 Å². The molecule has 0 radical (unpaired) electrons. The highest BCUT2D eigenvalue weighted by molar-refractivity contribution is 7.90. The summed E-state index contributed by atoms with van der Waals surface area (Å²) >= 11 is 0. The fourth-order valence-electron chi connectivity index (χ4n) is 3.94.